The Balaban J connectivity index is 1.92. The molecular formula is C12H13BrFN3OS. The van der Waals surface area contributed by atoms with Gasteiger partial charge in [-0.3, -0.25) is 0 Å². The molecule has 2 aromatic rings. The van der Waals surface area contributed by atoms with E-state index in [0.29, 0.717) is 19.6 Å². The Morgan fingerprint density at radius 1 is 1.47 bits per heavy atom. The van der Waals surface area contributed by atoms with Gasteiger partial charge in [-0.1, -0.05) is 22.0 Å². The molecule has 0 fully saturated rings. The van der Waals surface area contributed by atoms with E-state index in [4.69, 9.17) is 4.74 Å². The molecule has 7 heteroatoms. The molecule has 4 nitrogen and oxygen atoms in total. The lowest BCUT2D eigenvalue weighted by Gasteiger charge is -2.05. The second-order valence-corrected chi connectivity index (χ2v) is 5.45. The lowest BCUT2D eigenvalue weighted by atomic mass is 10.2. The van der Waals surface area contributed by atoms with Crippen molar-refractivity contribution < 1.29 is 9.13 Å². The lowest BCUT2D eigenvalue weighted by Crippen LogP contribution is -2.01. The van der Waals surface area contributed by atoms with E-state index in [-0.39, 0.29) is 5.82 Å². The van der Waals surface area contributed by atoms with Crippen LogP contribution < -0.4 is 5.32 Å². The first-order chi connectivity index (χ1) is 9.19. The van der Waals surface area contributed by atoms with Gasteiger partial charge in [-0.2, -0.15) is 4.37 Å². The topological polar surface area (TPSA) is 47.0 Å². The Morgan fingerprint density at radius 3 is 3.05 bits per heavy atom. The Morgan fingerprint density at radius 2 is 2.32 bits per heavy atom. The van der Waals surface area contributed by atoms with Gasteiger partial charge in [0.25, 0.3) is 0 Å². The van der Waals surface area contributed by atoms with Gasteiger partial charge in [0.1, 0.15) is 11.6 Å². The summed E-state index contributed by atoms with van der Waals surface area (Å²) in [6.45, 7) is 1.18. The van der Waals surface area contributed by atoms with Crippen molar-refractivity contribution in [2.45, 2.75) is 13.0 Å². The van der Waals surface area contributed by atoms with E-state index in [1.807, 2.05) is 0 Å². The van der Waals surface area contributed by atoms with Crippen molar-refractivity contribution in [2.24, 2.45) is 0 Å². The standard InChI is InChI=1S/C12H13BrFN3OS/c1-18-5-4-11-16-12(19-17-11)15-7-8-2-3-9(14)6-10(8)13/h2-3,6H,4-5,7H2,1H3,(H,15,16,17). The van der Waals surface area contributed by atoms with Crippen molar-refractivity contribution in [1.82, 2.24) is 9.36 Å². The number of halogens is 2. The highest BCUT2D eigenvalue weighted by molar-refractivity contribution is 9.10. The monoisotopic (exact) mass is 345 g/mol. The second kappa shape index (κ2) is 6.93. The van der Waals surface area contributed by atoms with E-state index in [2.05, 4.69) is 30.6 Å². The number of rotatable bonds is 6. The summed E-state index contributed by atoms with van der Waals surface area (Å²) in [7, 11) is 1.65. The van der Waals surface area contributed by atoms with Crippen molar-refractivity contribution in [2.75, 3.05) is 19.0 Å². The molecule has 0 saturated heterocycles. The zero-order chi connectivity index (χ0) is 13.7. The van der Waals surface area contributed by atoms with Crippen LogP contribution in [0.1, 0.15) is 11.4 Å². The molecule has 19 heavy (non-hydrogen) atoms. The fourth-order valence-electron chi connectivity index (χ4n) is 1.46. The van der Waals surface area contributed by atoms with Gasteiger partial charge in [-0.15, -0.1) is 0 Å². The van der Waals surface area contributed by atoms with Gasteiger partial charge < -0.3 is 10.1 Å². The molecule has 1 heterocycles. The molecule has 0 saturated carbocycles. The van der Waals surface area contributed by atoms with Crippen molar-refractivity contribution >= 4 is 32.6 Å². The number of anilines is 1. The largest absolute Gasteiger partial charge is 0.384 e. The normalized spacial score (nSPS) is 10.7. The number of methoxy groups -OCH3 is 1. The maximum atomic E-state index is 12.9. The maximum Gasteiger partial charge on any atom is 0.202 e. The van der Waals surface area contributed by atoms with Crippen LogP contribution in [0.3, 0.4) is 0 Å². The van der Waals surface area contributed by atoms with Crippen molar-refractivity contribution in [3.8, 4) is 0 Å². The molecule has 0 radical (unpaired) electrons. The minimum Gasteiger partial charge on any atom is -0.384 e. The van der Waals surface area contributed by atoms with E-state index in [1.54, 1.807) is 13.2 Å². The summed E-state index contributed by atoms with van der Waals surface area (Å²) in [6, 6.07) is 4.62. The van der Waals surface area contributed by atoms with Gasteiger partial charge in [0.05, 0.1) is 6.61 Å². The zero-order valence-corrected chi connectivity index (χ0v) is 12.7. The fourth-order valence-corrected chi connectivity index (χ4v) is 2.55. The van der Waals surface area contributed by atoms with Crippen LogP contribution >= 0.6 is 27.5 Å². The summed E-state index contributed by atoms with van der Waals surface area (Å²) < 4.78 is 22.9. The Labute approximate surface area is 123 Å². The molecule has 0 aliphatic rings. The van der Waals surface area contributed by atoms with E-state index in [1.165, 1.54) is 23.7 Å². The van der Waals surface area contributed by atoms with Gasteiger partial charge >= 0.3 is 0 Å². The van der Waals surface area contributed by atoms with Gasteiger partial charge in [-0.05, 0) is 17.7 Å². The van der Waals surface area contributed by atoms with Crippen LogP contribution in [0.4, 0.5) is 9.52 Å². The predicted molar refractivity (Wildman–Crippen MR) is 76.9 cm³/mol. The Hall–Kier alpha value is -1.05. The van der Waals surface area contributed by atoms with Crippen LogP contribution in [0.15, 0.2) is 22.7 Å². The van der Waals surface area contributed by atoms with E-state index < -0.39 is 0 Å². The molecule has 0 aliphatic heterocycles. The smallest absolute Gasteiger partial charge is 0.202 e. The van der Waals surface area contributed by atoms with Crippen LogP contribution in [0.25, 0.3) is 0 Å². The van der Waals surface area contributed by atoms with Gasteiger partial charge in [0.15, 0.2) is 0 Å². The predicted octanol–water partition coefficient (Wildman–Crippen LogP) is 3.24. The Kier molecular flexibility index (Phi) is 5.24. The van der Waals surface area contributed by atoms with Gasteiger partial charge in [0.2, 0.25) is 5.13 Å². The van der Waals surface area contributed by atoms with E-state index in [9.17, 15) is 4.39 Å². The van der Waals surface area contributed by atoms with E-state index in [0.717, 1.165) is 21.0 Å². The molecule has 1 aromatic carbocycles. The first-order valence-electron chi connectivity index (χ1n) is 5.68. The molecule has 1 N–H and O–H groups in total. The van der Waals surface area contributed by atoms with Gasteiger partial charge in [0, 0.05) is 36.1 Å². The summed E-state index contributed by atoms with van der Waals surface area (Å²) >= 11 is 4.64. The molecule has 0 spiro atoms. The lowest BCUT2D eigenvalue weighted by molar-refractivity contribution is 0.201. The number of aromatic nitrogens is 2. The number of benzene rings is 1. The van der Waals surface area contributed by atoms with Crippen molar-refractivity contribution in [3.63, 3.8) is 0 Å². The second-order valence-electron chi connectivity index (χ2n) is 3.85. The van der Waals surface area contributed by atoms with Crippen LogP contribution in [-0.2, 0) is 17.7 Å². The average Bonchev–Trinajstić information content (AvgIpc) is 2.83. The summed E-state index contributed by atoms with van der Waals surface area (Å²) in [5.74, 6) is 0.515. The molecule has 0 aliphatic carbocycles. The minimum absolute atomic E-state index is 0.256. The first kappa shape index (κ1) is 14.4. The first-order valence-corrected chi connectivity index (χ1v) is 7.25. The Bertz CT molecular complexity index is 550. The molecular weight excluding hydrogens is 333 g/mol. The summed E-state index contributed by atoms with van der Waals surface area (Å²) in [4.78, 5) is 4.34. The summed E-state index contributed by atoms with van der Waals surface area (Å²) in [5.41, 5.74) is 0.968. The van der Waals surface area contributed by atoms with Gasteiger partial charge in [-0.25, -0.2) is 9.37 Å². The molecule has 0 bridgehead atoms. The highest BCUT2D eigenvalue weighted by atomic mass is 79.9. The zero-order valence-electron chi connectivity index (χ0n) is 10.3. The quantitative estimate of drug-likeness (QED) is 0.872. The number of hydrogen-bond acceptors (Lipinski definition) is 5. The summed E-state index contributed by atoms with van der Waals surface area (Å²) in [6.07, 6.45) is 0.703. The molecule has 102 valence electrons. The fraction of sp³-hybridized carbons (Fsp3) is 0.333. The molecule has 0 amide bonds. The van der Waals surface area contributed by atoms with E-state index >= 15 is 0 Å². The van der Waals surface area contributed by atoms with Crippen LogP contribution in [0.5, 0.6) is 0 Å². The highest BCUT2D eigenvalue weighted by Gasteiger charge is 2.05. The van der Waals surface area contributed by atoms with Crippen LogP contribution in [0, 0.1) is 5.82 Å². The molecule has 0 unspecified atom stereocenters. The minimum atomic E-state index is -0.256. The third-order valence-electron chi connectivity index (χ3n) is 2.44. The number of nitrogens with zero attached hydrogens (tertiary/aromatic N) is 2. The van der Waals surface area contributed by atoms with Crippen molar-refractivity contribution in [1.29, 1.82) is 0 Å². The highest BCUT2D eigenvalue weighted by Crippen LogP contribution is 2.20. The van der Waals surface area contributed by atoms with Crippen LogP contribution in [-0.4, -0.2) is 23.1 Å². The van der Waals surface area contributed by atoms with Crippen LogP contribution in [0.2, 0.25) is 0 Å². The number of ether oxygens (including phenoxy) is 1. The molecule has 2 rings (SSSR count). The third-order valence-corrected chi connectivity index (χ3v) is 3.89. The third kappa shape index (κ3) is 4.22. The summed E-state index contributed by atoms with van der Waals surface area (Å²) in [5, 5.41) is 3.92. The number of hydrogen-bond donors (Lipinski definition) is 1. The average molecular weight is 346 g/mol. The van der Waals surface area contributed by atoms with Crippen molar-refractivity contribution in [3.05, 3.63) is 39.9 Å². The number of nitrogens with one attached hydrogen (secondary N) is 1. The molecule has 0 atom stereocenters. The molecule has 1 aromatic heterocycles. The maximum absolute atomic E-state index is 12.9. The SMILES string of the molecule is COCCc1nsc(NCc2ccc(F)cc2Br)n1.